The van der Waals surface area contributed by atoms with Gasteiger partial charge in [-0.2, -0.15) is 0 Å². The fourth-order valence-corrected chi connectivity index (χ4v) is 2.62. The summed E-state index contributed by atoms with van der Waals surface area (Å²) in [4.78, 5) is 23.7. The molecule has 2 nitrogen and oxygen atoms in total. The third kappa shape index (κ3) is 2.93. The van der Waals surface area contributed by atoms with Crippen molar-refractivity contribution >= 4 is 11.6 Å². The molecule has 0 spiro atoms. The SMILES string of the molecule is CC[C@@]1(CCC(=O)C(C)C)CCCCC1=O. The standard InChI is InChI=1S/C14H24O2/c1-4-14(9-6-5-7-13(14)16)10-8-12(15)11(2)3/h11H,4-10H2,1-3H3/t14-/m0/s1. The maximum absolute atomic E-state index is 12.0. The first-order valence-corrected chi connectivity index (χ1v) is 6.58. The van der Waals surface area contributed by atoms with Gasteiger partial charge in [0.15, 0.2) is 0 Å². The first-order valence-electron chi connectivity index (χ1n) is 6.58. The van der Waals surface area contributed by atoms with Crippen LogP contribution in [0.4, 0.5) is 0 Å². The van der Waals surface area contributed by atoms with E-state index in [0.29, 0.717) is 18.0 Å². The van der Waals surface area contributed by atoms with E-state index in [9.17, 15) is 9.59 Å². The molecule has 0 heterocycles. The van der Waals surface area contributed by atoms with Gasteiger partial charge in [0.25, 0.3) is 0 Å². The monoisotopic (exact) mass is 224 g/mol. The first-order chi connectivity index (χ1) is 7.52. The van der Waals surface area contributed by atoms with E-state index in [-0.39, 0.29) is 11.3 Å². The predicted molar refractivity (Wildman–Crippen MR) is 65.3 cm³/mol. The highest BCUT2D eigenvalue weighted by Gasteiger charge is 2.37. The molecule has 0 unspecified atom stereocenters. The van der Waals surface area contributed by atoms with E-state index in [2.05, 4.69) is 6.92 Å². The van der Waals surface area contributed by atoms with Crippen LogP contribution in [0, 0.1) is 11.3 Å². The molecule has 0 aromatic carbocycles. The summed E-state index contributed by atoms with van der Waals surface area (Å²) in [5.74, 6) is 0.802. The summed E-state index contributed by atoms with van der Waals surface area (Å²) in [6.45, 7) is 5.95. The lowest BCUT2D eigenvalue weighted by Crippen LogP contribution is -2.34. The molecule has 0 radical (unpaired) electrons. The van der Waals surface area contributed by atoms with Crippen molar-refractivity contribution in [1.82, 2.24) is 0 Å². The van der Waals surface area contributed by atoms with E-state index < -0.39 is 0 Å². The molecule has 16 heavy (non-hydrogen) atoms. The van der Waals surface area contributed by atoms with Crippen molar-refractivity contribution in [1.29, 1.82) is 0 Å². The largest absolute Gasteiger partial charge is 0.299 e. The number of ketones is 2. The second-order valence-electron chi connectivity index (χ2n) is 5.39. The summed E-state index contributed by atoms with van der Waals surface area (Å²) >= 11 is 0. The van der Waals surface area contributed by atoms with Crippen molar-refractivity contribution in [2.24, 2.45) is 11.3 Å². The van der Waals surface area contributed by atoms with E-state index in [1.807, 2.05) is 13.8 Å². The van der Waals surface area contributed by atoms with Crippen molar-refractivity contribution in [3.63, 3.8) is 0 Å². The lowest BCUT2D eigenvalue weighted by Gasteiger charge is -2.35. The van der Waals surface area contributed by atoms with Gasteiger partial charge in [0.1, 0.15) is 11.6 Å². The molecule has 0 bridgehead atoms. The van der Waals surface area contributed by atoms with E-state index in [4.69, 9.17) is 0 Å². The molecule has 1 saturated carbocycles. The third-order valence-electron chi connectivity index (χ3n) is 4.07. The van der Waals surface area contributed by atoms with Crippen molar-refractivity contribution < 1.29 is 9.59 Å². The summed E-state index contributed by atoms with van der Waals surface area (Å²) in [7, 11) is 0. The molecule has 2 heteroatoms. The summed E-state index contributed by atoms with van der Waals surface area (Å²) in [6.07, 6.45) is 6.17. The summed E-state index contributed by atoms with van der Waals surface area (Å²) in [6, 6.07) is 0. The Balaban J connectivity index is 2.59. The van der Waals surface area contributed by atoms with Gasteiger partial charge in [0.05, 0.1) is 0 Å². The van der Waals surface area contributed by atoms with Gasteiger partial charge in [-0.25, -0.2) is 0 Å². The maximum atomic E-state index is 12.0. The number of rotatable bonds is 5. The summed E-state index contributed by atoms with van der Waals surface area (Å²) in [5, 5.41) is 0. The van der Waals surface area contributed by atoms with Crippen molar-refractivity contribution in [2.75, 3.05) is 0 Å². The van der Waals surface area contributed by atoms with Crippen LogP contribution in [-0.2, 0) is 9.59 Å². The lowest BCUT2D eigenvalue weighted by molar-refractivity contribution is -0.133. The number of Topliss-reactive ketones (excluding diaryl/α,β-unsaturated/α-hetero) is 2. The molecule has 0 aromatic heterocycles. The molecular formula is C14H24O2. The fraction of sp³-hybridized carbons (Fsp3) is 0.857. The minimum atomic E-state index is -0.164. The Bertz CT molecular complexity index is 268. The Morgan fingerprint density at radius 1 is 1.38 bits per heavy atom. The number of carbonyl (C=O) groups is 2. The van der Waals surface area contributed by atoms with E-state index >= 15 is 0 Å². The fourth-order valence-electron chi connectivity index (χ4n) is 2.62. The number of hydrogen-bond donors (Lipinski definition) is 0. The van der Waals surface area contributed by atoms with Crippen molar-refractivity contribution in [3.8, 4) is 0 Å². The minimum absolute atomic E-state index is 0.104. The van der Waals surface area contributed by atoms with E-state index in [1.54, 1.807) is 0 Å². The van der Waals surface area contributed by atoms with Gasteiger partial charge in [-0.15, -0.1) is 0 Å². The Labute approximate surface area is 98.8 Å². The van der Waals surface area contributed by atoms with Crippen LogP contribution in [0.15, 0.2) is 0 Å². The molecule has 0 amide bonds. The van der Waals surface area contributed by atoms with Crippen LogP contribution < -0.4 is 0 Å². The average Bonchev–Trinajstić information content (AvgIpc) is 2.28. The van der Waals surface area contributed by atoms with Crippen LogP contribution >= 0.6 is 0 Å². The quantitative estimate of drug-likeness (QED) is 0.716. The van der Waals surface area contributed by atoms with Crippen LogP contribution in [0.25, 0.3) is 0 Å². The molecular weight excluding hydrogens is 200 g/mol. The van der Waals surface area contributed by atoms with Crippen LogP contribution in [0.1, 0.15) is 65.7 Å². The second kappa shape index (κ2) is 5.60. The molecule has 1 aliphatic rings. The topological polar surface area (TPSA) is 34.1 Å². The second-order valence-corrected chi connectivity index (χ2v) is 5.39. The van der Waals surface area contributed by atoms with Crippen LogP contribution in [-0.4, -0.2) is 11.6 Å². The first kappa shape index (κ1) is 13.4. The molecule has 0 saturated heterocycles. The summed E-state index contributed by atoms with van der Waals surface area (Å²) in [5.41, 5.74) is -0.164. The predicted octanol–water partition coefficient (Wildman–Crippen LogP) is 3.53. The maximum Gasteiger partial charge on any atom is 0.139 e. The molecule has 1 fully saturated rings. The molecule has 1 atom stereocenters. The van der Waals surface area contributed by atoms with Gasteiger partial charge in [-0.1, -0.05) is 27.2 Å². The van der Waals surface area contributed by atoms with Gasteiger partial charge in [0, 0.05) is 24.2 Å². The zero-order chi connectivity index (χ0) is 12.2. The van der Waals surface area contributed by atoms with Crippen molar-refractivity contribution in [2.45, 2.75) is 65.7 Å². The van der Waals surface area contributed by atoms with Gasteiger partial charge in [-0.05, 0) is 25.7 Å². The number of hydrogen-bond acceptors (Lipinski definition) is 2. The summed E-state index contributed by atoms with van der Waals surface area (Å²) < 4.78 is 0. The average molecular weight is 224 g/mol. The zero-order valence-corrected chi connectivity index (χ0v) is 10.8. The van der Waals surface area contributed by atoms with E-state index in [1.165, 1.54) is 0 Å². The van der Waals surface area contributed by atoms with Crippen LogP contribution in [0.5, 0.6) is 0 Å². The van der Waals surface area contributed by atoms with Gasteiger partial charge in [-0.3, -0.25) is 9.59 Å². The number of carbonyl (C=O) groups excluding carboxylic acids is 2. The molecule has 1 aliphatic carbocycles. The molecule has 0 aliphatic heterocycles. The van der Waals surface area contributed by atoms with Crippen molar-refractivity contribution in [3.05, 3.63) is 0 Å². The third-order valence-corrected chi connectivity index (χ3v) is 4.07. The minimum Gasteiger partial charge on any atom is -0.299 e. The van der Waals surface area contributed by atoms with Crippen LogP contribution in [0.2, 0.25) is 0 Å². The molecule has 1 rings (SSSR count). The van der Waals surface area contributed by atoms with E-state index in [0.717, 1.165) is 38.5 Å². The molecule has 92 valence electrons. The molecule has 0 N–H and O–H groups in total. The Morgan fingerprint density at radius 3 is 2.56 bits per heavy atom. The normalized spacial score (nSPS) is 26.1. The molecule has 0 aromatic rings. The van der Waals surface area contributed by atoms with Crippen LogP contribution in [0.3, 0.4) is 0 Å². The Kier molecular flexibility index (Phi) is 4.69. The zero-order valence-electron chi connectivity index (χ0n) is 10.8. The van der Waals surface area contributed by atoms with Gasteiger partial charge >= 0.3 is 0 Å². The Hall–Kier alpha value is -0.660. The Morgan fingerprint density at radius 2 is 2.06 bits per heavy atom. The highest BCUT2D eigenvalue weighted by molar-refractivity contribution is 5.87. The highest BCUT2D eigenvalue weighted by atomic mass is 16.1. The smallest absolute Gasteiger partial charge is 0.139 e. The lowest BCUT2D eigenvalue weighted by atomic mass is 9.68. The van der Waals surface area contributed by atoms with Gasteiger partial charge < -0.3 is 0 Å². The van der Waals surface area contributed by atoms with Gasteiger partial charge in [0.2, 0.25) is 0 Å². The highest BCUT2D eigenvalue weighted by Crippen LogP contribution is 2.40.